The van der Waals surface area contributed by atoms with Crippen LogP contribution in [0.5, 0.6) is 23.0 Å². The minimum absolute atomic E-state index is 0.286. The van der Waals surface area contributed by atoms with Crippen LogP contribution >= 0.6 is 0 Å². The van der Waals surface area contributed by atoms with Crippen LogP contribution in [-0.2, 0) is 0 Å². The highest BCUT2D eigenvalue weighted by Gasteiger charge is 2.18. The largest absolute Gasteiger partial charge is 0.497 e. The number of methoxy groups -OCH3 is 4. The molecule has 0 saturated carbocycles. The van der Waals surface area contributed by atoms with Gasteiger partial charge in [0, 0.05) is 23.1 Å². The number of hydrogen-bond donors (Lipinski definition) is 1. The first-order valence-corrected chi connectivity index (χ1v) is 10.2. The predicted molar refractivity (Wildman–Crippen MR) is 128 cm³/mol. The minimum atomic E-state index is -0.286. The van der Waals surface area contributed by atoms with Gasteiger partial charge in [-0.25, -0.2) is 4.98 Å². The lowest BCUT2D eigenvalue weighted by Crippen LogP contribution is -2.14. The highest BCUT2D eigenvalue weighted by Crippen LogP contribution is 2.35. The number of ether oxygens (including phenoxy) is 4. The number of nitrogens with zero attached hydrogens (tertiary/aromatic N) is 1. The van der Waals surface area contributed by atoms with Crippen molar-refractivity contribution in [3.8, 4) is 34.3 Å². The summed E-state index contributed by atoms with van der Waals surface area (Å²) in [5.41, 5.74) is 3.07. The van der Waals surface area contributed by atoms with E-state index in [0.29, 0.717) is 45.5 Å². The number of benzene rings is 3. The molecule has 1 amide bonds. The van der Waals surface area contributed by atoms with Crippen LogP contribution in [0.25, 0.3) is 22.2 Å². The van der Waals surface area contributed by atoms with Crippen LogP contribution in [0.1, 0.15) is 10.4 Å². The number of aromatic nitrogens is 1. The van der Waals surface area contributed by atoms with Crippen molar-refractivity contribution in [2.75, 3.05) is 33.8 Å². The number of para-hydroxylation sites is 1. The molecule has 0 saturated heterocycles. The molecule has 7 heteroatoms. The molecule has 0 aliphatic rings. The first kappa shape index (κ1) is 22.0. The maximum atomic E-state index is 13.4. The van der Waals surface area contributed by atoms with Crippen LogP contribution in [0.15, 0.2) is 66.7 Å². The number of carbonyl (C=O) groups excluding carboxylic acids is 1. The highest BCUT2D eigenvalue weighted by atomic mass is 16.5. The maximum absolute atomic E-state index is 13.4. The molecule has 0 atom stereocenters. The lowest BCUT2D eigenvalue weighted by atomic mass is 10.0. The summed E-state index contributed by atoms with van der Waals surface area (Å²) in [5.74, 6) is 2.11. The van der Waals surface area contributed by atoms with E-state index in [0.717, 1.165) is 10.9 Å². The van der Waals surface area contributed by atoms with Crippen LogP contribution in [0.3, 0.4) is 0 Å². The van der Waals surface area contributed by atoms with Crippen molar-refractivity contribution in [2.45, 2.75) is 0 Å². The Morgan fingerprint density at radius 1 is 0.758 bits per heavy atom. The van der Waals surface area contributed by atoms with Gasteiger partial charge in [-0.1, -0.05) is 18.2 Å². The SMILES string of the molecule is COc1ccc(NC(=O)c2cc(-c3ccc(OC)cc3OC)nc3ccccc23)c(OC)c1. The Morgan fingerprint density at radius 2 is 1.42 bits per heavy atom. The first-order valence-electron chi connectivity index (χ1n) is 10.2. The number of anilines is 1. The van der Waals surface area contributed by atoms with Gasteiger partial charge in [-0.3, -0.25) is 4.79 Å². The molecule has 1 aromatic heterocycles. The van der Waals surface area contributed by atoms with E-state index >= 15 is 0 Å². The molecule has 3 aromatic carbocycles. The molecule has 1 heterocycles. The summed E-state index contributed by atoms with van der Waals surface area (Å²) < 4.78 is 21.5. The number of carbonyl (C=O) groups is 1. The average molecular weight is 444 g/mol. The molecule has 0 fully saturated rings. The Labute approximate surface area is 191 Å². The Kier molecular flexibility index (Phi) is 6.31. The summed E-state index contributed by atoms with van der Waals surface area (Å²) >= 11 is 0. The van der Waals surface area contributed by atoms with E-state index in [1.807, 2.05) is 36.4 Å². The number of rotatable bonds is 7. The van der Waals surface area contributed by atoms with Gasteiger partial charge in [0.15, 0.2) is 0 Å². The average Bonchev–Trinajstić information content (AvgIpc) is 2.87. The molecule has 0 radical (unpaired) electrons. The summed E-state index contributed by atoms with van der Waals surface area (Å²) in [4.78, 5) is 18.2. The van der Waals surface area contributed by atoms with Crippen molar-refractivity contribution in [3.63, 3.8) is 0 Å². The molecule has 1 N–H and O–H groups in total. The van der Waals surface area contributed by atoms with Crippen molar-refractivity contribution in [3.05, 3.63) is 72.3 Å². The molecule has 4 rings (SSSR count). The number of amides is 1. The van der Waals surface area contributed by atoms with E-state index in [4.69, 9.17) is 23.9 Å². The fraction of sp³-hybridized carbons (Fsp3) is 0.154. The van der Waals surface area contributed by atoms with Crippen LogP contribution in [-0.4, -0.2) is 39.3 Å². The Morgan fingerprint density at radius 3 is 2.12 bits per heavy atom. The van der Waals surface area contributed by atoms with Crippen molar-refractivity contribution < 1.29 is 23.7 Å². The molecule has 0 aliphatic heterocycles. The van der Waals surface area contributed by atoms with Crippen LogP contribution in [0.2, 0.25) is 0 Å². The second-order valence-electron chi connectivity index (χ2n) is 7.16. The van der Waals surface area contributed by atoms with Gasteiger partial charge in [-0.2, -0.15) is 0 Å². The third kappa shape index (κ3) is 4.39. The summed E-state index contributed by atoms with van der Waals surface area (Å²) in [5, 5.41) is 3.68. The quantitative estimate of drug-likeness (QED) is 0.423. The van der Waals surface area contributed by atoms with E-state index in [9.17, 15) is 4.79 Å². The van der Waals surface area contributed by atoms with Crippen LogP contribution in [0.4, 0.5) is 5.69 Å². The molecule has 0 spiro atoms. The number of hydrogen-bond acceptors (Lipinski definition) is 6. The summed E-state index contributed by atoms with van der Waals surface area (Å²) in [6, 6.07) is 20.0. The third-order valence-corrected chi connectivity index (χ3v) is 5.30. The van der Waals surface area contributed by atoms with Crippen molar-refractivity contribution in [1.29, 1.82) is 0 Å². The molecule has 0 bridgehead atoms. The second kappa shape index (κ2) is 9.48. The van der Waals surface area contributed by atoms with Crippen molar-refractivity contribution in [1.82, 2.24) is 4.98 Å². The van der Waals surface area contributed by atoms with Gasteiger partial charge in [0.2, 0.25) is 0 Å². The molecule has 4 aromatic rings. The summed E-state index contributed by atoms with van der Waals surface area (Å²) in [6.07, 6.45) is 0. The van der Waals surface area contributed by atoms with Gasteiger partial charge in [-0.15, -0.1) is 0 Å². The molecule has 0 aliphatic carbocycles. The fourth-order valence-corrected chi connectivity index (χ4v) is 3.60. The Bertz CT molecular complexity index is 1320. The lowest BCUT2D eigenvalue weighted by molar-refractivity contribution is 0.102. The van der Waals surface area contributed by atoms with Gasteiger partial charge < -0.3 is 24.3 Å². The van der Waals surface area contributed by atoms with Gasteiger partial charge in [0.05, 0.1) is 50.9 Å². The van der Waals surface area contributed by atoms with Crippen LogP contribution < -0.4 is 24.3 Å². The molecular weight excluding hydrogens is 420 g/mol. The molecule has 0 unspecified atom stereocenters. The van der Waals surface area contributed by atoms with E-state index < -0.39 is 0 Å². The predicted octanol–water partition coefficient (Wildman–Crippen LogP) is 5.19. The van der Waals surface area contributed by atoms with Gasteiger partial charge in [0.25, 0.3) is 5.91 Å². The Balaban J connectivity index is 1.81. The van der Waals surface area contributed by atoms with Gasteiger partial charge in [-0.05, 0) is 36.4 Å². The monoisotopic (exact) mass is 444 g/mol. The number of nitrogens with one attached hydrogen (secondary N) is 1. The lowest BCUT2D eigenvalue weighted by Gasteiger charge is -2.15. The zero-order chi connectivity index (χ0) is 23.4. The first-order chi connectivity index (χ1) is 16.1. The van der Waals surface area contributed by atoms with Crippen molar-refractivity contribution in [2.24, 2.45) is 0 Å². The second-order valence-corrected chi connectivity index (χ2v) is 7.16. The molecule has 168 valence electrons. The number of fused-ring (bicyclic) bond motifs is 1. The topological polar surface area (TPSA) is 78.9 Å². The molecule has 33 heavy (non-hydrogen) atoms. The smallest absolute Gasteiger partial charge is 0.256 e. The fourth-order valence-electron chi connectivity index (χ4n) is 3.60. The van der Waals surface area contributed by atoms with E-state index in [1.54, 1.807) is 58.8 Å². The minimum Gasteiger partial charge on any atom is -0.497 e. The summed E-state index contributed by atoms with van der Waals surface area (Å²) in [6.45, 7) is 0. The summed E-state index contributed by atoms with van der Waals surface area (Å²) in [7, 11) is 6.30. The van der Waals surface area contributed by atoms with E-state index in [2.05, 4.69) is 5.32 Å². The Hall–Kier alpha value is -4.26. The van der Waals surface area contributed by atoms with E-state index in [1.165, 1.54) is 0 Å². The number of pyridine rings is 1. The van der Waals surface area contributed by atoms with Gasteiger partial charge in [0.1, 0.15) is 23.0 Å². The third-order valence-electron chi connectivity index (χ3n) is 5.30. The zero-order valence-corrected chi connectivity index (χ0v) is 18.8. The maximum Gasteiger partial charge on any atom is 0.256 e. The van der Waals surface area contributed by atoms with Crippen molar-refractivity contribution >= 4 is 22.5 Å². The van der Waals surface area contributed by atoms with Crippen LogP contribution in [0, 0.1) is 0 Å². The molecule has 7 nitrogen and oxygen atoms in total. The molecular formula is C26H24N2O5. The standard InChI is InChI=1S/C26H24N2O5/c1-30-16-9-11-19(24(13-16)32-3)23-15-20(18-7-5-6-8-21(18)27-23)26(29)28-22-12-10-17(31-2)14-25(22)33-4/h5-15H,1-4H3,(H,28,29). The van der Waals surface area contributed by atoms with E-state index in [-0.39, 0.29) is 5.91 Å². The zero-order valence-electron chi connectivity index (χ0n) is 18.8. The normalized spacial score (nSPS) is 10.5. The van der Waals surface area contributed by atoms with Gasteiger partial charge >= 0.3 is 0 Å². The highest BCUT2D eigenvalue weighted by molar-refractivity contribution is 6.13.